The van der Waals surface area contributed by atoms with Gasteiger partial charge in [0.25, 0.3) is 0 Å². The van der Waals surface area contributed by atoms with Gasteiger partial charge in [-0.3, -0.25) is 4.79 Å². The van der Waals surface area contributed by atoms with E-state index in [1.165, 1.54) is 11.8 Å². The van der Waals surface area contributed by atoms with Crippen molar-refractivity contribution in [3.05, 3.63) is 11.8 Å². The summed E-state index contributed by atoms with van der Waals surface area (Å²) in [6, 6.07) is 1.23. The monoisotopic (exact) mass is 268 g/mol. The largest absolute Gasteiger partial charge is 0.320 e. The number of nitrogens with one attached hydrogen (secondary N) is 1. The van der Waals surface area contributed by atoms with Gasteiger partial charge in [0, 0.05) is 11.8 Å². The number of anilines is 1. The Hall–Kier alpha value is -1.14. The Kier molecular flexibility index (Phi) is 5.55. The Bertz CT molecular complexity index is 423. The summed E-state index contributed by atoms with van der Waals surface area (Å²) in [5.74, 6) is 0.699. The molecular formula is C12H20N4OS. The number of carbonyl (C=O) groups excluding carboxylic acids is 1. The highest BCUT2D eigenvalue weighted by molar-refractivity contribution is 7.98. The van der Waals surface area contributed by atoms with Gasteiger partial charge in [-0.1, -0.05) is 25.6 Å². The second-order valence-electron chi connectivity index (χ2n) is 4.61. The maximum atomic E-state index is 11.9. The Balaban J connectivity index is 2.72. The molecule has 0 spiro atoms. The topological polar surface area (TPSA) is 80.9 Å². The van der Waals surface area contributed by atoms with E-state index in [2.05, 4.69) is 15.3 Å². The second-order valence-corrected chi connectivity index (χ2v) is 5.38. The fraction of sp³-hybridized carbons (Fsp3) is 0.583. The first-order valence-corrected chi connectivity index (χ1v) is 7.11. The number of nitrogens with two attached hydrogens (primary N) is 1. The molecule has 0 saturated heterocycles. The fourth-order valence-electron chi connectivity index (χ4n) is 1.53. The Morgan fingerprint density at radius 3 is 2.72 bits per heavy atom. The van der Waals surface area contributed by atoms with Crippen LogP contribution in [0.4, 0.5) is 5.82 Å². The first kappa shape index (κ1) is 14.9. The van der Waals surface area contributed by atoms with Crippen molar-refractivity contribution in [1.29, 1.82) is 0 Å². The molecule has 0 aliphatic heterocycles. The van der Waals surface area contributed by atoms with E-state index in [4.69, 9.17) is 5.73 Å². The molecule has 0 saturated carbocycles. The lowest BCUT2D eigenvalue weighted by molar-refractivity contribution is -0.117. The summed E-state index contributed by atoms with van der Waals surface area (Å²) in [5, 5.41) is 3.38. The molecule has 0 bridgehead atoms. The molecule has 1 heterocycles. The third-order valence-electron chi connectivity index (χ3n) is 2.33. The van der Waals surface area contributed by atoms with Gasteiger partial charge in [0.15, 0.2) is 5.16 Å². The van der Waals surface area contributed by atoms with E-state index < -0.39 is 6.04 Å². The Morgan fingerprint density at radius 2 is 2.17 bits per heavy atom. The van der Waals surface area contributed by atoms with E-state index >= 15 is 0 Å². The van der Waals surface area contributed by atoms with Crippen LogP contribution in [-0.2, 0) is 4.79 Å². The van der Waals surface area contributed by atoms with Crippen LogP contribution in [0.2, 0.25) is 0 Å². The highest BCUT2D eigenvalue weighted by atomic mass is 32.2. The van der Waals surface area contributed by atoms with Crippen molar-refractivity contribution in [2.45, 2.75) is 38.4 Å². The molecule has 6 heteroatoms. The van der Waals surface area contributed by atoms with Crippen molar-refractivity contribution < 1.29 is 4.79 Å². The van der Waals surface area contributed by atoms with E-state index in [0.29, 0.717) is 23.3 Å². The lowest BCUT2D eigenvalue weighted by Crippen LogP contribution is -2.36. The maximum Gasteiger partial charge on any atom is 0.242 e. The summed E-state index contributed by atoms with van der Waals surface area (Å²) < 4.78 is 0. The van der Waals surface area contributed by atoms with Crippen molar-refractivity contribution in [3.63, 3.8) is 0 Å². The van der Waals surface area contributed by atoms with E-state index in [0.717, 1.165) is 5.69 Å². The molecule has 0 aromatic carbocycles. The zero-order valence-corrected chi connectivity index (χ0v) is 12.0. The molecule has 100 valence electrons. The standard InChI is InChI=1S/C12H20N4OS/c1-7(2)5-9(13)11(17)15-10-6-8(3)14-12(16-10)18-4/h6-7,9H,5,13H2,1-4H3,(H,14,15,16,17)/t9-/m1/s1. The van der Waals surface area contributed by atoms with Crippen molar-refractivity contribution in [1.82, 2.24) is 9.97 Å². The quantitative estimate of drug-likeness (QED) is 0.629. The lowest BCUT2D eigenvalue weighted by Gasteiger charge is -2.14. The van der Waals surface area contributed by atoms with Gasteiger partial charge in [0.05, 0.1) is 6.04 Å². The molecule has 0 aliphatic carbocycles. The average Bonchev–Trinajstić information content (AvgIpc) is 2.27. The number of carbonyl (C=O) groups is 1. The number of aryl methyl sites for hydroxylation is 1. The summed E-state index contributed by atoms with van der Waals surface area (Å²) in [6.07, 6.45) is 2.55. The first-order valence-electron chi connectivity index (χ1n) is 5.88. The minimum absolute atomic E-state index is 0.200. The van der Waals surface area contributed by atoms with Gasteiger partial charge in [-0.05, 0) is 25.5 Å². The first-order chi connectivity index (χ1) is 8.42. The van der Waals surface area contributed by atoms with Crippen molar-refractivity contribution in [2.24, 2.45) is 11.7 Å². The number of hydrogen-bond acceptors (Lipinski definition) is 5. The second kappa shape index (κ2) is 6.70. The molecule has 1 amide bonds. The molecular weight excluding hydrogens is 248 g/mol. The highest BCUT2D eigenvalue weighted by Crippen LogP contribution is 2.14. The van der Waals surface area contributed by atoms with Gasteiger partial charge in [0.2, 0.25) is 5.91 Å². The molecule has 0 aliphatic rings. The summed E-state index contributed by atoms with van der Waals surface area (Å²) in [4.78, 5) is 20.3. The van der Waals surface area contributed by atoms with Gasteiger partial charge in [0.1, 0.15) is 5.82 Å². The third kappa shape index (κ3) is 4.62. The van der Waals surface area contributed by atoms with Crippen LogP contribution in [0.25, 0.3) is 0 Å². The van der Waals surface area contributed by atoms with Crippen LogP contribution >= 0.6 is 11.8 Å². The average molecular weight is 268 g/mol. The molecule has 5 nitrogen and oxygen atoms in total. The van der Waals surface area contributed by atoms with Gasteiger partial charge in [-0.15, -0.1) is 0 Å². The summed E-state index contributed by atoms with van der Waals surface area (Å²) in [7, 11) is 0. The highest BCUT2D eigenvalue weighted by Gasteiger charge is 2.16. The minimum atomic E-state index is -0.502. The van der Waals surface area contributed by atoms with Gasteiger partial charge in [-0.25, -0.2) is 9.97 Å². The number of amides is 1. The lowest BCUT2D eigenvalue weighted by atomic mass is 10.0. The van der Waals surface area contributed by atoms with Crippen LogP contribution in [0.3, 0.4) is 0 Å². The van der Waals surface area contributed by atoms with E-state index in [1.807, 2.05) is 27.0 Å². The van der Waals surface area contributed by atoms with Gasteiger partial charge < -0.3 is 11.1 Å². The van der Waals surface area contributed by atoms with E-state index in [9.17, 15) is 4.79 Å². The fourth-order valence-corrected chi connectivity index (χ4v) is 1.96. The van der Waals surface area contributed by atoms with Crippen LogP contribution < -0.4 is 11.1 Å². The predicted octanol–water partition coefficient (Wildman–Crippen LogP) is 1.82. The molecule has 0 fully saturated rings. The minimum Gasteiger partial charge on any atom is -0.320 e. The maximum absolute atomic E-state index is 11.9. The summed E-state index contributed by atoms with van der Waals surface area (Å²) >= 11 is 1.44. The molecule has 1 atom stereocenters. The Morgan fingerprint density at radius 1 is 1.50 bits per heavy atom. The van der Waals surface area contributed by atoms with Crippen molar-refractivity contribution >= 4 is 23.5 Å². The van der Waals surface area contributed by atoms with Gasteiger partial charge in [-0.2, -0.15) is 0 Å². The van der Waals surface area contributed by atoms with Crippen LogP contribution in [0.15, 0.2) is 11.2 Å². The Labute approximate surface area is 112 Å². The van der Waals surface area contributed by atoms with Crippen LogP contribution in [0.1, 0.15) is 26.0 Å². The summed E-state index contributed by atoms with van der Waals surface area (Å²) in [5.41, 5.74) is 6.64. The van der Waals surface area contributed by atoms with E-state index in [1.54, 1.807) is 6.07 Å². The van der Waals surface area contributed by atoms with Crippen molar-refractivity contribution in [2.75, 3.05) is 11.6 Å². The van der Waals surface area contributed by atoms with Crippen LogP contribution in [0, 0.1) is 12.8 Å². The molecule has 1 aromatic rings. The number of rotatable bonds is 5. The zero-order valence-electron chi connectivity index (χ0n) is 11.2. The predicted molar refractivity (Wildman–Crippen MR) is 74.6 cm³/mol. The molecule has 0 unspecified atom stereocenters. The number of aromatic nitrogens is 2. The third-order valence-corrected chi connectivity index (χ3v) is 2.88. The smallest absolute Gasteiger partial charge is 0.242 e. The van der Waals surface area contributed by atoms with Crippen LogP contribution in [0.5, 0.6) is 0 Å². The summed E-state index contributed by atoms with van der Waals surface area (Å²) in [6.45, 7) is 5.94. The van der Waals surface area contributed by atoms with Gasteiger partial charge >= 0.3 is 0 Å². The van der Waals surface area contributed by atoms with Crippen molar-refractivity contribution in [3.8, 4) is 0 Å². The molecule has 18 heavy (non-hydrogen) atoms. The number of hydrogen-bond donors (Lipinski definition) is 2. The molecule has 1 aromatic heterocycles. The SMILES string of the molecule is CSc1nc(C)cc(NC(=O)[C@H](N)CC(C)C)n1. The number of nitrogens with zero attached hydrogens (tertiary/aromatic N) is 2. The van der Waals surface area contributed by atoms with Crippen LogP contribution in [-0.4, -0.2) is 28.2 Å². The van der Waals surface area contributed by atoms with E-state index in [-0.39, 0.29) is 5.91 Å². The zero-order chi connectivity index (χ0) is 13.7. The molecule has 3 N–H and O–H groups in total. The molecule has 0 radical (unpaired) electrons. The molecule has 1 rings (SSSR count). The normalized spacial score (nSPS) is 12.6. The number of thioether (sulfide) groups is 1.